The molecule has 0 heterocycles. The first kappa shape index (κ1) is 23.5. The van der Waals surface area contributed by atoms with Gasteiger partial charge in [0.25, 0.3) is 0 Å². The van der Waals surface area contributed by atoms with Gasteiger partial charge in [-0.05, 0) is 62.9 Å². The lowest BCUT2D eigenvalue weighted by atomic mass is 10.0. The summed E-state index contributed by atoms with van der Waals surface area (Å²) in [7, 11) is 1.62. The Balaban J connectivity index is 2.27. The Labute approximate surface area is 180 Å². The van der Waals surface area contributed by atoms with Gasteiger partial charge in [0.15, 0.2) is 0 Å². The van der Waals surface area contributed by atoms with Gasteiger partial charge in [-0.2, -0.15) is 0 Å². The molecule has 2 amide bonds. The summed E-state index contributed by atoms with van der Waals surface area (Å²) in [6, 6.07) is 13.2. The van der Waals surface area contributed by atoms with Gasteiger partial charge in [0.2, 0.25) is 11.8 Å². The zero-order valence-corrected chi connectivity index (χ0v) is 19.0. The molecule has 0 aliphatic heterocycles. The number of hydrogen-bond acceptors (Lipinski definition) is 3. The Kier molecular flexibility index (Phi) is 8.46. The van der Waals surface area contributed by atoms with Crippen LogP contribution in [0.3, 0.4) is 0 Å². The molecule has 2 aromatic rings. The summed E-state index contributed by atoms with van der Waals surface area (Å²) in [6.07, 6.45) is 1.11. The second-order valence-corrected chi connectivity index (χ2v) is 7.97. The highest BCUT2D eigenvalue weighted by atomic mass is 16.5. The topological polar surface area (TPSA) is 58.6 Å². The highest BCUT2D eigenvalue weighted by Gasteiger charge is 2.27. The van der Waals surface area contributed by atoms with Gasteiger partial charge in [0.05, 0.1) is 13.5 Å². The third-order valence-corrected chi connectivity index (χ3v) is 5.53. The van der Waals surface area contributed by atoms with Crippen LogP contribution in [0.15, 0.2) is 42.5 Å². The van der Waals surface area contributed by atoms with Crippen molar-refractivity contribution in [3.8, 4) is 5.75 Å². The van der Waals surface area contributed by atoms with E-state index in [-0.39, 0.29) is 24.3 Å². The summed E-state index contributed by atoms with van der Waals surface area (Å²) in [6.45, 7) is 10.2. The molecule has 162 valence electrons. The maximum Gasteiger partial charge on any atom is 0.242 e. The minimum atomic E-state index is -0.571. The van der Waals surface area contributed by atoms with E-state index in [9.17, 15) is 9.59 Å². The number of rotatable bonds is 9. The predicted molar refractivity (Wildman–Crippen MR) is 121 cm³/mol. The summed E-state index contributed by atoms with van der Waals surface area (Å²) >= 11 is 0. The number of ether oxygens (including phenoxy) is 1. The van der Waals surface area contributed by atoms with E-state index < -0.39 is 6.04 Å². The number of nitrogens with zero attached hydrogens (tertiary/aromatic N) is 1. The summed E-state index contributed by atoms with van der Waals surface area (Å²) in [5.41, 5.74) is 4.14. The molecular formula is C25H34N2O3. The first-order valence-corrected chi connectivity index (χ1v) is 10.5. The highest BCUT2D eigenvalue weighted by molar-refractivity contribution is 5.88. The summed E-state index contributed by atoms with van der Waals surface area (Å²) in [4.78, 5) is 27.8. The number of hydrogen-bond donors (Lipinski definition) is 1. The predicted octanol–water partition coefficient (Wildman–Crippen LogP) is 4.19. The first-order valence-electron chi connectivity index (χ1n) is 10.5. The monoisotopic (exact) mass is 410 g/mol. The summed E-state index contributed by atoms with van der Waals surface area (Å²) in [5.74, 6) is 0.563. The van der Waals surface area contributed by atoms with Crippen molar-refractivity contribution in [3.05, 3.63) is 64.7 Å². The number of benzene rings is 2. The fourth-order valence-electron chi connectivity index (χ4n) is 3.23. The molecule has 2 rings (SSSR count). The van der Waals surface area contributed by atoms with Crippen LogP contribution in [0.4, 0.5) is 0 Å². The highest BCUT2D eigenvalue weighted by Crippen LogP contribution is 2.18. The zero-order chi connectivity index (χ0) is 22.3. The van der Waals surface area contributed by atoms with E-state index in [0.29, 0.717) is 6.54 Å². The van der Waals surface area contributed by atoms with E-state index in [1.54, 1.807) is 18.9 Å². The van der Waals surface area contributed by atoms with Crippen molar-refractivity contribution < 1.29 is 14.3 Å². The van der Waals surface area contributed by atoms with Crippen LogP contribution in [0.5, 0.6) is 5.75 Å². The number of carbonyl (C=O) groups is 2. The van der Waals surface area contributed by atoms with Crippen molar-refractivity contribution in [2.45, 2.75) is 66.1 Å². The Morgan fingerprint density at radius 3 is 2.33 bits per heavy atom. The molecule has 5 heteroatoms. The molecule has 0 bridgehead atoms. The van der Waals surface area contributed by atoms with Crippen molar-refractivity contribution in [1.82, 2.24) is 10.2 Å². The fourth-order valence-corrected chi connectivity index (χ4v) is 3.23. The molecule has 2 aromatic carbocycles. The molecule has 0 aliphatic rings. The standard InChI is InChI=1S/C25H34N2O3/c1-7-19(4)26-25(29)20(5)27(16-21-10-12-23(30-6)13-11-21)24(28)15-22-14-17(2)8-9-18(22)3/h8-14,19-20H,7,15-16H2,1-6H3,(H,26,29)/t19-,20+/m0/s1. The van der Waals surface area contributed by atoms with Gasteiger partial charge in [0, 0.05) is 12.6 Å². The van der Waals surface area contributed by atoms with Crippen molar-refractivity contribution in [3.63, 3.8) is 0 Å². The SMILES string of the molecule is CC[C@H](C)NC(=O)[C@@H](C)N(Cc1ccc(OC)cc1)C(=O)Cc1cc(C)ccc1C. The van der Waals surface area contributed by atoms with Crippen molar-refractivity contribution in [2.24, 2.45) is 0 Å². The fraction of sp³-hybridized carbons (Fsp3) is 0.440. The molecule has 0 saturated carbocycles. The molecule has 0 spiro atoms. The lowest BCUT2D eigenvalue weighted by molar-refractivity contribution is -0.140. The van der Waals surface area contributed by atoms with E-state index in [4.69, 9.17) is 4.74 Å². The Hall–Kier alpha value is -2.82. The smallest absolute Gasteiger partial charge is 0.242 e. The molecule has 2 atom stereocenters. The van der Waals surface area contributed by atoms with E-state index >= 15 is 0 Å². The maximum absolute atomic E-state index is 13.3. The van der Waals surface area contributed by atoms with E-state index in [0.717, 1.165) is 34.4 Å². The number of amides is 2. The molecule has 5 nitrogen and oxygen atoms in total. The maximum atomic E-state index is 13.3. The second kappa shape index (κ2) is 10.8. The van der Waals surface area contributed by atoms with Gasteiger partial charge >= 0.3 is 0 Å². The molecule has 30 heavy (non-hydrogen) atoms. The van der Waals surface area contributed by atoms with Crippen LogP contribution in [0, 0.1) is 13.8 Å². The van der Waals surface area contributed by atoms with Crippen LogP contribution < -0.4 is 10.1 Å². The average molecular weight is 411 g/mol. The molecule has 0 aromatic heterocycles. The average Bonchev–Trinajstić information content (AvgIpc) is 2.74. The van der Waals surface area contributed by atoms with E-state index in [2.05, 4.69) is 5.32 Å². The van der Waals surface area contributed by atoms with Crippen LogP contribution in [0.25, 0.3) is 0 Å². The van der Waals surface area contributed by atoms with Gasteiger partial charge in [-0.1, -0.05) is 42.8 Å². The van der Waals surface area contributed by atoms with Gasteiger partial charge in [-0.15, -0.1) is 0 Å². The Bertz CT molecular complexity index is 861. The molecule has 0 saturated heterocycles. The number of carbonyl (C=O) groups excluding carboxylic acids is 2. The van der Waals surface area contributed by atoms with Crippen LogP contribution in [-0.2, 0) is 22.6 Å². The van der Waals surface area contributed by atoms with Crippen LogP contribution in [-0.4, -0.2) is 35.9 Å². The van der Waals surface area contributed by atoms with Crippen molar-refractivity contribution >= 4 is 11.8 Å². The minimum absolute atomic E-state index is 0.0636. The van der Waals surface area contributed by atoms with E-state index in [1.165, 1.54) is 0 Å². The first-order chi connectivity index (χ1) is 14.2. The van der Waals surface area contributed by atoms with E-state index in [1.807, 2.05) is 70.2 Å². The van der Waals surface area contributed by atoms with Crippen LogP contribution in [0.1, 0.15) is 49.4 Å². The quantitative estimate of drug-likeness (QED) is 0.674. The van der Waals surface area contributed by atoms with Crippen LogP contribution >= 0.6 is 0 Å². The number of aryl methyl sites for hydroxylation is 2. The lowest BCUT2D eigenvalue weighted by Gasteiger charge is -2.30. The van der Waals surface area contributed by atoms with Crippen LogP contribution in [0.2, 0.25) is 0 Å². The minimum Gasteiger partial charge on any atom is -0.497 e. The van der Waals surface area contributed by atoms with Crippen molar-refractivity contribution in [1.29, 1.82) is 0 Å². The molecule has 0 unspecified atom stereocenters. The second-order valence-electron chi connectivity index (χ2n) is 7.97. The number of nitrogens with one attached hydrogen (secondary N) is 1. The van der Waals surface area contributed by atoms with Gasteiger partial charge in [-0.25, -0.2) is 0 Å². The number of methoxy groups -OCH3 is 1. The van der Waals surface area contributed by atoms with Gasteiger partial charge < -0.3 is 15.0 Å². The Morgan fingerprint density at radius 1 is 1.07 bits per heavy atom. The molecule has 0 radical (unpaired) electrons. The van der Waals surface area contributed by atoms with Gasteiger partial charge in [-0.3, -0.25) is 9.59 Å². The third kappa shape index (κ3) is 6.34. The molecule has 1 N–H and O–H groups in total. The molecule has 0 aliphatic carbocycles. The Morgan fingerprint density at radius 2 is 1.73 bits per heavy atom. The van der Waals surface area contributed by atoms with Gasteiger partial charge in [0.1, 0.15) is 11.8 Å². The molecule has 0 fully saturated rings. The lowest BCUT2D eigenvalue weighted by Crippen LogP contribution is -2.49. The normalized spacial score (nSPS) is 12.7. The third-order valence-electron chi connectivity index (χ3n) is 5.53. The van der Waals surface area contributed by atoms with Crippen molar-refractivity contribution in [2.75, 3.05) is 7.11 Å². The zero-order valence-electron chi connectivity index (χ0n) is 19.0. The largest absolute Gasteiger partial charge is 0.497 e. The summed E-state index contributed by atoms with van der Waals surface area (Å²) < 4.78 is 5.22. The summed E-state index contributed by atoms with van der Waals surface area (Å²) in [5, 5.41) is 3.00. The molecular weight excluding hydrogens is 376 g/mol.